The average Bonchev–Trinajstić information content (AvgIpc) is 2.13. The van der Waals surface area contributed by atoms with Crippen molar-refractivity contribution in [1.82, 2.24) is 5.32 Å². The lowest BCUT2D eigenvalue weighted by molar-refractivity contribution is -0.0524. The van der Waals surface area contributed by atoms with Crippen molar-refractivity contribution in [2.75, 3.05) is 13.1 Å². The molecule has 0 unspecified atom stereocenters. The van der Waals surface area contributed by atoms with Crippen molar-refractivity contribution in [2.24, 2.45) is 23.2 Å². The number of halogens is 2. The molecule has 16 heavy (non-hydrogen) atoms. The highest BCUT2D eigenvalue weighted by Gasteiger charge is 2.50. The number of rotatable bonds is 4. The Balaban J connectivity index is 1.60. The second kappa shape index (κ2) is 3.94. The first-order valence-corrected chi connectivity index (χ1v) is 6.64. The zero-order valence-electron chi connectivity index (χ0n) is 9.72. The fourth-order valence-corrected chi connectivity index (χ4v) is 4.95. The summed E-state index contributed by atoms with van der Waals surface area (Å²) in [5.41, 5.74) is 0.392. The van der Waals surface area contributed by atoms with Gasteiger partial charge in [-0.3, -0.25) is 0 Å². The van der Waals surface area contributed by atoms with E-state index in [-0.39, 0.29) is 6.54 Å². The van der Waals surface area contributed by atoms with E-state index in [0.29, 0.717) is 5.41 Å². The highest BCUT2D eigenvalue weighted by atomic mass is 19.3. The molecular weight excluding hydrogens is 208 g/mol. The van der Waals surface area contributed by atoms with E-state index in [1.54, 1.807) is 0 Å². The van der Waals surface area contributed by atoms with Crippen LogP contribution in [0.4, 0.5) is 8.78 Å². The van der Waals surface area contributed by atoms with Gasteiger partial charge in [0.2, 0.25) is 0 Å². The van der Waals surface area contributed by atoms with Crippen molar-refractivity contribution in [3.8, 4) is 0 Å². The van der Waals surface area contributed by atoms with Crippen molar-refractivity contribution in [3.63, 3.8) is 0 Å². The van der Waals surface area contributed by atoms with Gasteiger partial charge in [0, 0.05) is 6.54 Å². The van der Waals surface area contributed by atoms with E-state index in [2.05, 4.69) is 5.32 Å². The molecule has 0 radical (unpaired) electrons. The van der Waals surface area contributed by atoms with Crippen molar-refractivity contribution in [2.45, 2.75) is 45.0 Å². The summed E-state index contributed by atoms with van der Waals surface area (Å²) < 4.78 is 24.3. The normalized spacial score (nSPS) is 45.6. The Kier molecular flexibility index (Phi) is 2.69. The van der Waals surface area contributed by atoms with Crippen LogP contribution >= 0.6 is 0 Å². The Morgan fingerprint density at radius 2 is 1.50 bits per heavy atom. The molecular formula is C13H21F2N. The van der Waals surface area contributed by atoms with Gasteiger partial charge in [0.15, 0.2) is 0 Å². The third kappa shape index (κ3) is 1.99. The lowest BCUT2D eigenvalue weighted by Gasteiger charge is -2.57. The SMILES string of the molecule is FC(F)CNCC12CC3CC(CC(C3)C1)C2. The molecule has 0 aromatic heterocycles. The minimum atomic E-state index is -2.20. The Labute approximate surface area is 96.0 Å². The van der Waals surface area contributed by atoms with Gasteiger partial charge in [-0.1, -0.05) is 0 Å². The van der Waals surface area contributed by atoms with E-state index in [1.807, 2.05) is 0 Å². The Morgan fingerprint density at radius 1 is 1.00 bits per heavy atom. The predicted molar refractivity (Wildman–Crippen MR) is 59.5 cm³/mol. The van der Waals surface area contributed by atoms with Gasteiger partial charge in [-0.25, -0.2) is 8.78 Å². The second-order valence-electron chi connectivity index (χ2n) is 6.44. The van der Waals surface area contributed by atoms with Crippen LogP contribution in [0.5, 0.6) is 0 Å². The van der Waals surface area contributed by atoms with Gasteiger partial charge in [-0.05, 0) is 61.7 Å². The minimum Gasteiger partial charge on any atom is -0.311 e. The van der Waals surface area contributed by atoms with Crippen molar-refractivity contribution in [1.29, 1.82) is 0 Å². The molecule has 0 saturated heterocycles. The summed E-state index contributed by atoms with van der Waals surface area (Å²) in [4.78, 5) is 0. The topological polar surface area (TPSA) is 12.0 Å². The van der Waals surface area contributed by atoms with E-state index in [9.17, 15) is 8.78 Å². The summed E-state index contributed by atoms with van der Waals surface area (Å²) in [6.07, 6.45) is 5.98. The number of nitrogens with one attached hydrogen (secondary N) is 1. The quantitative estimate of drug-likeness (QED) is 0.781. The Bertz CT molecular complexity index is 229. The zero-order chi connectivity index (χ0) is 11.2. The molecule has 4 bridgehead atoms. The molecule has 4 saturated carbocycles. The van der Waals surface area contributed by atoms with Gasteiger partial charge in [0.1, 0.15) is 0 Å². The molecule has 0 heterocycles. The third-order valence-corrected chi connectivity index (χ3v) is 4.96. The lowest BCUT2D eigenvalue weighted by atomic mass is 9.49. The first-order valence-electron chi connectivity index (χ1n) is 6.64. The summed E-state index contributed by atoms with van der Waals surface area (Å²) in [5.74, 6) is 2.75. The molecule has 0 aromatic carbocycles. The van der Waals surface area contributed by atoms with E-state index in [4.69, 9.17) is 0 Å². The smallest absolute Gasteiger partial charge is 0.250 e. The molecule has 4 aliphatic rings. The van der Waals surface area contributed by atoms with Crippen molar-refractivity contribution >= 4 is 0 Å². The standard InChI is InChI=1S/C13H21F2N/c14-12(15)7-16-8-13-4-9-1-10(5-13)3-11(2-9)6-13/h9-12,16H,1-8H2. The molecule has 4 aliphatic carbocycles. The van der Waals surface area contributed by atoms with Gasteiger partial charge < -0.3 is 5.32 Å². The predicted octanol–water partition coefficient (Wildman–Crippen LogP) is 3.06. The maximum absolute atomic E-state index is 12.1. The highest BCUT2D eigenvalue weighted by molar-refractivity contribution is 5.02. The Hall–Kier alpha value is -0.180. The first kappa shape index (κ1) is 10.9. The van der Waals surface area contributed by atoms with Gasteiger partial charge in [0.05, 0.1) is 6.54 Å². The summed E-state index contributed by atoms with van der Waals surface area (Å²) >= 11 is 0. The monoisotopic (exact) mass is 229 g/mol. The van der Waals surface area contributed by atoms with Gasteiger partial charge in [-0.2, -0.15) is 0 Å². The van der Waals surface area contributed by atoms with E-state index in [0.717, 1.165) is 24.3 Å². The fourth-order valence-electron chi connectivity index (χ4n) is 4.95. The molecule has 0 spiro atoms. The molecule has 92 valence electrons. The van der Waals surface area contributed by atoms with E-state index in [1.165, 1.54) is 38.5 Å². The van der Waals surface area contributed by atoms with Crippen LogP contribution in [0.25, 0.3) is 0 Å². The van der Waals surface area contributed by atoms with Gasteiger partial charge >= 0.3 is 0 Å². The highest BCUT2D eigenvalue weighted by Crippen LogP contribution is 2.59. The molecule has 0 atom stereocenters. The minimum absolute atomic E-state index is 0.123. The molecule has 0 amide bonds. The maximum atomic E-state index is 12.1. The van der Waals surface area contributed by atoms with Crippen LogP contribution in [-0.4, -0.2) is 19.5 Å². The molecule has 4 fully saturated rings. The zero-order valence-corrected chi connectivity index (χ0v) is 9.72. The molecule has 0 aliphatic heterocycles. The largest absolute Gasteiger partial charge is 0.311 e. The van der Waals surface area contributed by atoms with E-state index < -0.39 is 6.43 Å². The summed E-state index contributed by atoms with van der Waals surface area (Å²) in [7, 11) is 0. The van der Waals surface area contributed by atoms with Gasteiger partial charge in [0.25, 0.3) is 6.43 Å². The lowest BCUT2D eigenvalue weighted by Crippen LogP contribution is -2.50. The average molecular weight is 229 g/mol. The number of hydrogen-bond donors (Lipinski definition) is 1. The Morgan fingerprint density at radius 3 is 1.94 bits per heavy atom. The van der Waals surface area contributed by atoms with Crippen LogP contribution < -0.4 is 5.32 Å². The summed E-state index contributed by atoms with van der Waals surface area (Å²) in [6.45, 7) is 0.711. The van der Waals surface area contributed by atoms with Gasteiger partial charge in [-0.15, -0.1) is 0 Å². The van der Waals surface area contributed by atoms with Crippen molar-refractivity contribution < 1.29 is 8.78 Å². The first-order chi connectivity index (χ1) is 7.65. The summed E-state index contributed by atoms with van der Waals surface area (Å²) in [5, 5.41) is 2.99. The van der Waals surface area contributed by atoms with Crippen LogP contribution in [0.2, 0.25) is 0 Å². The van der Waals surface area contributed by atoms with Crippen LogP contribution in [0.15, 0.2) is 0 Å². The molecule has 3 heteroatoms. The summed E-state index contributed by atoms with van der Waals surface area (Å²) in [6, 6.07) is 0. The molecule has 4 rings (SSSR count). The van der Waals surface area contributed by atoms with Crippen LogP contribution in [-0.2, 0) is 0 Å². The molecule has 1 nitrogen and oxygen atoms in total. The second-order valence-corrected chi connectivity index (χ2v) is 6.44. The van der Waals surface area contributed by atoms with Crippen LogP contribution in [0.1, 0.15) is 38.5 Å². The van der Waals surface area contributed by atoms with Crippen LogP contribution in [0.3, 0.4) is 0 Å². The maximum Gasteiger partial charge on any atom is 0.250 e. The molecule has 1 N–H and O–H groups in total. The number of hydrogen-bond acceptors (Lipinski definition) is 1. The third-order valence-electron chi connectivity index (χ3n) is 4.96. The van der Waals surface area contributed by atoms with Crippen LogP contribution in [0, 0.1) is 23.2 Å². The number of alkyl halides is 2. The fraction of sp³-hybridized carbons (Fsp3) is 1.00. The van der Waals surface area contributed by atoms with E-state index >= 15 is 0 Å². The molecule has 0 aromatic rings. The van der Waals surface area contributed by atoms with Crippen molar-refractivity contribution in [3.05, 3.63) is 0 Å².